The number of nitrogens with zero attached hydrogens (tertiary/aromatic N) is 2. The topological polar surface area (TPSA) is 101 Å². The zero-order valence-electron chi connectivity index (χ0n) is 15.8. The smallest absolute Gasteiger partial charge is 0.242 e. The Morgan fingerprint density at radius 3 is 2.57 bits per heavy atom. The predicted octanol–water partition coefficient (Wildman–Crippen LogP) is 2.83. The predicted molar refractivity (Wildman–Crippen MR) is 108 cm³/mol. The van der Waals surface area contributed by atoms with E-state index in [9.17, 15) is 13.2 Å². The van der Waals surface area contributed by atoms with Crippen molar-refractivity contribution in [3.05, 3.63) is 18.2 Å². The van der Waals surface area contributed by atoms with Gasteiger partial charge >= 0.3 is 0 Å². The van der Waals surface area contributed by atoms with Crippen LogP contribution in [0.4, 0.5) is 0 Å². The van der Waals surface area contributed by atoms with E-state index in [0.29, 0.717) is 23.6 Å². The number of amides is 1. The van der Waals surface area contributed by atoms with E-state index in [-0.39, 0.29) is 22.6 Å². The van der Waals surface area contributed by atoms with Crippen molar-refractivity contribution in [3.63, 3.8) is 0 Å². The first-order valence-electron chi connectivity index (χ1n) is 10.0. The molecule has 1 amide bonds. The molecule has 0 saturated heterocycles. The first kappa shape index (κ1) is 19.7. The van der Waals surface area contributed by atoms with Gasteiger partial charge in [-0.2, -0.15) is 8.75 Å². The Morgan fingerprint density at radius 2 is 1.82 bits per heavy atom. The standard InChI is InChI=1S/C19H26N4O3S2/c24-19(21-15-4-1-2-5-15)14-10-8-13(9-11-14)12-20-28(25,26)17-7-3-6-16-18(17)23-27-22-16/h3,6-7,13-15,20H,1-2,4-5,8-12H2,(H,21,24). The minimum absolute atomic E-state index is 0.0725. The van der Waals surface area contributed by atoms with E-state index < -0.39 is 10.0 Å². The molecule has 0 bridgehead atoms. The van der Waals surface area contributed by atoms with Crippen molar-refractivity contribution >= 4 is 38.7 Å². The van der Waals surface area contributed by atoms with Gasteiger partial charge in [-0.1, -0.05) is 18.9 Å². The summed E-state index contributed by atoms with van der Waals surface area (Å²) in [5.41, 5.74) is 1.02. The highest BCUT2D eigenvalue weighted by atomic mass is 32.2. The van der Waals surface area contributed by atoms with Gasteiger partial charge in [0.1, 0.15) is 15.9 Å². The summed E-state index contributed by atoms with van der Waals surface area (Å²) in [6.45, 7) is 0.396. The molecule has 2 N–H and O–H groups in total. The lowest BCUT2D eigenvalue weighted by Gasteiger charge is -2.28. The van der Waals surface area contributed by atoms with Crippen LogP contribution in [0.2, 0.25) is 0 Å². The Labute approximate surface area is 169 Å². The van der Waals surface area contributed by atoms with Crippen molar-refractivity contribution in [3.8, 4) is 0 Å². The maximum atomic E-state index is 12.7. The van der Waals surface area contributed by atoms with E-state index in [1.807, 2.05) is 0 Å². The summed E-state index contributed by atoms with van der Waals surface area (Å²) < 4.78 is 36.4. The quantitative estimate of drug-likeness (QED) is 0.745. The number of carbonyl (C=O) groups excluding carboxylic acids is 1. The van der Waals surface area contributed by atoms with Crippen LogP contribution < -0.4 is 10.0 Å². The molecule has 2 fully saturated rings. The van der Waals surface area contributed by atoms with Crippen molar-refractivity contribution in [1.82, 2.24) is 18.8 Å². The fourth-order valence-corrected chi connectivity index (χ4v) is 6.20. The molecule has 2 aromatic rings. The number of fused-ring (bicyclic) bond motifs is 1. The van der Waals surface area contributed by atoms with Crippen LogP contribution in [0, 0.1) is 11.8 Å². The van der Waals surface area contributed by atoms with E-state index in [2.05, 4.69) is 18.8 Å². The first-order chi connectivity index (χ1) is 13.5. The molecule has 2 saturated carbocycles. The van der Waals surface area contributed by atoms with Gasteiger partial charge in [0.25, 0.3) is 0 Å². The van der Waals surface area contributed by atoms with Crippen LogP contribution in [0.3, 0.4) is 0 Å². The number of aromatic nitrogens is 2. The van der Waals surface area contributed by atoms with E-state index >= 15 is 0 Å². The second kappa shape index (κ2) is 8.42. The average Bonchev–Trinajstić information content (AvgIpc) is 3.38. The van der Waals surface area contributed by atoms with Crippen LogP contribution in [-0.4, -0.2) is 35.7 Å². The van der Waals surface area contributed by atoms with Gasteiger partial charge in [0, 0.05) is 18.5 Å². The van der Waals surface area contributed by atoms with E-state index in [0.717, 1.165) is 50.3 Å². The second-order valence-electron chi connectivity index (χ2n) is 7.95. The SMILES string of the molecule is O=C(NC1CCCC1)C1CCC(CNS(=O)(=O)c2cccc3nsnc23)CC1. The van der Waals surface area contributed by atoms with E-state index in [1.165, 1.54) is 12.8 Å². The molecule has 0 spiro atoms. The Bertz CT molecular complexity index is 930. The number of sulfonamides is 1. The number of benzene rings is 1. The summed E-state index contributed by atoms with van der Waals surface area (Å²) in [7, 11) is -3.63. The minimum Gasteiger partial charge on any atom is -0.353 e. The van der Waals surface area contributed by atoms with Crippen LogP contribution in [-0.2, 0) is 14.8 Å². The highest BCUT2D eigenvalue weighted by molar-refractivity contribution is 7.89. The molecule has 0 atom stereocenters. The largest absolute Gasteiger partial charge is 0.353 e. The third kappa shape index (κ3) is 4.36. The van der Waals surface area contributed by atoms with E-state index in [1.54, 1.807) is 18.2 Å². The monoisotopic (exact) mass is 422 g/mol. The van der Waals surface area contributed by atoms with Gasteiger partial charge in [0.15, 0.2) is 0 Å². The third-order valence-electron chi connectivity index (χ3n) is 6.02. The summed E-state index contributed by atoms with van der Waals surface area (Å²) in [6.07, 6.45) is 8.02. The molecule has 9 heteroatoms. The summed E-state index contributed by atoms with van der Waals surface area (Å²) in [4.78, 5) is 12.6. The maximum absolute atomic E-state index is 12.7. The maximum Gasteiger partial charge on any atom is 0.242 e. The number of nitrogens with one attached hydrogen (secondary N) is 2. The van der Waals surface area contributed by atoms with Crippen molar-refractivity contribution < 1.29 is 13.2 Å². The van der Waals surface area contributed by atoms with Crippen LogP contribution in [0.15, 0.2) is 23.1 Å². The molecule has 1 aromatic carbocycles. The Morgan fingerprint density at radius 1 is 1.07 bits per heavy atom. The molecular formula is C19H26N4O3S2. The summed E-state index contributed by atoms with van der Waals surface area (Å²) in [5, 5.41) is 3.19. The van der Waals surface area contributed by atoms with Crippen LogP contribution in [0.1, 0.15) is 51.4 Å². The zero-order valence-corrected chi connectivity index (χ0v) is 17.4. The van der Waals surface area contributed by atoms with Crippen molar-refractivity contribution in [2.75, 3.05) is 6.54 Å². The molecule has 4 rings (SSSR count). The highest BCUT2D eigenvalue weighted by Gasteiger charge is 2.29. The molecule has 7 nitrogen and oxygen atoms in total. The van der Waals surface area contributed by atoms with Gasteiger partial charge in [-0.05, 0) is 56.6 Å². The molecule has 1 heterocycles. The van der Waals surface area contributed by atoms with Gasteiger partial charge in [-0.25, -0.2) is 13.1 Å². The second-order valence-corrected chi connectivity index (χ2v) is 10.2. The number of rotatable bonds is 6. The van der Waals surface area contributed by atoms with Gasteiger partial charge in [0.05, 0.1) is 11.7 Å². The van der Waals surface area contributed by atoms with Crippen molar-refractivity contribution in [2.45, 2.75) is 62.3 Å². The Balaban J connectivity index is 1.29. The first-order valence-corrected chi connectivity index (χ1v) is 12.3. The molecule has 28 heavy (non-hydrogen) atoms. The van der Waals surface area contributed by atoms with Crippen molar-refractivity contribution in [2.24, 2.45) is 11.8 Å². The summed E-state index contributed by atoms with van der Waals surface area (Å²) in [6, 6.07) is 5.37. The molecule has 2 aliphatic carbocycles. The van der Waals surface area contributed by atoms with Crippen LogP contribution >= 0.6 is 11.7 Å². The molecule has 0 radical (unpaired) electrons. The lowest BCUT2D eigenvalue weighted by molar-refractivity contribution is -0.126. The van der Waals surface area contributed by atoms with Crippen molar-refractivity contribution in [1.29, 1.82) is 0 Å². The lowest BCUT2D eigenvalue weighted by Crippen LogP contribution is -2.39. The fourth-order valence-electron chi connectivity index (χ4n) is 4.32. The van der Waals surface area contributed by atoms with Gasteiger partial charge in [0.2, 0.25) is 15.9 Å². The Hall–Kier alpha value is -1.58. The van der Waals surface area contributed by atoms with Gasteiger partial charge in [-0.3, -0.25) is 4.79 Å². The molecule has 152 valence electrons. The van der Waals surface area contributed by atoms with Crippen LogP contribution in [0.25, 0.3) is 11.0 Å². The van der Waals surface area contributed by atoms with Crippen LogP contribution in [0.5, 0.6) is 0 Å². The molecule has 0 aliphatic heterocycles. The zero-order chi connectivity index (χ0) is 19.6. The molecule has 1 aromatic heterocycles. The molecule has 2 aliphatic rings. The third-order valence-corrected chi connectivity index (χ3v) is 8.02. The normalized spacial score (nSPS) is 23.9. The van der Waals surface area contributed by atoms with Gasteiger partial charge in [-0.15, -0.1) is 0 Å². The number of carbonyl (C=O) groups is 1. The molecule has 0 unspecified atom stereocenters. The minimum atomic E-state index is -3.63. The number of hydrogen-bond acceptors (Lipinski definition) is 6. The fraction of sp³-hybridized carbons (Fsp3) is 0.632. The average molecular weight is 423 g/mol. The lowest BCUT2D eigenvalue weighted by atomic mass is 9.81. The molecular weight excluding hydrogens is 396 g/mol. The van der Waals surface area contributed by atoms with Gasteiger partial charge < -0.3 is 5.32 Å². The number of hydrogen-bond donors (Lipinski definition) is 2. The Kier molecular flexibility index (Phi) is 5.93. The summed E-state index contributed by atoms with van der Waals surface area (Å²) in [5.74, 6) is 0.523. The van der Waals surface area contributed by atoms with E-state index in [4.69, 9.17) is 0 Å². The summed E-state index contributed by atoms with van der Waals surface area (Å²) >= 11 is 1.01. The highest BCUT2D eigenvalue weighted by Crippen LogP contribution is 2.30.